The molecule has 110 valence electrons. The molecule has 0 bridgehead atoms. The van der Waals surface area contributed by atoms with Crippen molar-refractivity contribution in [1.82, 2.24) is 14.9 Å². The van der Waals surface area contributed by atoms with Crippen molar-refractivity contribution in [3.05, 3.63) is 28.9 Å². The quantitative estimate of drug-likeness (QED) is 0.798. The molecule has 2 N–H and O–H groups in total. The van der Waals surface area contributed by atoms with E-state index in [2.05, 4.69) is 4.98 Å². The average molecular weight is 293 g/mol. The summed E-state index contributed by atoms with van der Waals surface area (Å²) in [7, 11) is 0. The number of carboxylic acids is 1. The van der Waals surface area contributed by atoms with Crippen LogP contribution in [-0.2, 0) is 16.1 Å². The molecule has 0 aliphatic heterocycles. The lowest BCUT2D eigenvalue weighted by Crippen LogP contribution is -2.62. The van der Waals surface area contributed by atoms with Crippen LogP contribution in [0.5, 0.6) is 0 Å². The van der Waals surface area contributed by atoms with E-state index >= 15 is 0 Å². The van der Waals surface area contributed by atoms with Crippen molar-refractivity contribution < 1.29 is 27.9 Å². The molecule has 0 radical (unpaired) electrons. The second-order valence-corrected chi connectivity index (χ2v) is 4.01. The van der Waals surface area contributed by atoms with Gasteiger partial charge in [-0.15, -0.1) is 0 Å². The highest BCUT2D eigenvalue weighted by Gasteiger charge is 2.58. The van der Waals surface area contributed by atoms with Crippen LogP contribution in [0.4, 0.5) is 13.2 Å². The maximum atomic E-state index is 12.7. The predicted molar refractivity (Wildman–Crippen MR) is 58.7 cm³/mol. The number of aliphatic carboxylic acids is 1. The Labute approximate surface area is 110 Å². The Morgan fingerprint density at radius 1 is 1.45 bits per heavy atom. The van der Waals surface area contributed by atoms with Gasteiger partial charge in [0.05, 0.1) is 0 Å². The Bertz CT molecular complexity index is 584. The zero-order chi connectivity index (χ0) is 15.6. The molecule has 0 aliphatic rings. The minimum Gasteiger partial charge on any atom is -0.479 e. The van der Waals surface area contributed by atoms with Crippen LogP contribution in [0.2, 0.25) is 0 Å². The lowest BCUT2D eigenvalue weighted by atomic mass is 10.0. The molecule has 1 rings (SSSR count). The van der Waals surface area contributed by atoms with Gasteiger partial charge in [-0.2, -0.15) is 13.2 Å². The third kappa shape index (κ3) is 3.13. The first-order valence-corrected chi connectivity index (χ1v) is 5.20. The summed E-state index contributed by atoms with van der Waals surface area (Å²) in [6.07, 6.45) is -2.90. The molecular formula is C10H10F3N3O4. The van der Waals surface area contributed by atoms with Crippen LogP contribution in [0.15, 0.2) is 23.3 Å². The standard InChI is InChI=1S/C10H10F3N3O4/c1-9(7(18)19,10(11,12)13)15-6(17)5-16-4-2-3-14-8(16)20/h2-4H,5H2,1H3,(H,15,17)(H,18,19). The molecule has 0 aliphatic carbocycles. The van der Waals surface area contributed by atoms with Crippen molar-refractivity contribution in [3.8, 4) is 0 Å². The molecule has 1 atom stereocenters. The molecule has 0 aromatic carbocycles. The summed E-state index contributed by atoms with van der Waals surface area (Å²) in [5.74, 6) is -3.53. The highest BCUT2D eigenvalue weighted by atomic mass is 19.4. The van der Waals surface area contributed by atoms with Gasteiger partial charge in [-0.3, -0.25) is 9.36 Å². The summed E-state index contributed by atoms with van der Waals surface area (Å²) in [5, 5.41) is 9.98. The van der Waals surface area contributed by atoms with Crippen LogP contribution >= 0.6 is 0 Å². The Hall–Kier alpha value is -2.39. The number of carbonyl (C=O) groups is 2. The first-order chi connectivity index (χ1) is 9.08. The van der Waals surface area contributed by atoms with Crippen molar-refractivity contribution in [2.75, 3.05) is 0 Å². The largest absolute Gasteiger partial charge is 0.479 e. The molecule has 0 fully saturated rings. The molecule has 0 spiro atoms. The van der Waals surface area contributed by atoms with Crippen molar-refractivity contribution in [3.63, 3.8) is 0 Å². The van der Waals surface area contributed by atoms with Gasteiger partial charge >= 0.3 is 17.8 Å². The van der Waals surface area contributed by atoms with Crippen molar-refractivity contribution in [1.29, 1.82) is 0 Å². The fourth-order valence-electron chi connectivity index (χ4n) is 1.23. The first-order valence-electron chi connectivity index (χ1n) is 5.20. The molecular weight excluding hydrogens is 283 g/mol. The van der Waals surface area contributed by atoms with Gasteiger partial charge in [0.15, 0.2) is 0 Å². The van der Waals surface area contributed by atoms with Crippen LogP contribution in [0.25, 0.3) is 0 Å². The number of nitrogens with zero attached hydrogens (tertiary/aromatic N) is 2. The average Bonchev–Trinajstić information content (AvgIpc) is 2.30. The van der Waals surface area contributed by atoms with Crippen LogP contribution in [0.3, 0.4) is 0 Å². The van der Waals surface area contributed by atoms with Crippen LogP contribution in [0, 0.1) is 0 Å². The van der Waals surface area contributed by atoms with E-state index in [1.54, 1.807) is 0 Å². The summed E-state index contributed by atoms with van der Waals surface area (Å²) in [6.45, 7) is -0.453. The summed E-state index contributed by atoms with van der Waals surface area (Å²) >= 11 is 0. The second-order valence-electron chi connectivity index (χ2n) is 4.01. The van der Waals surface area contributed by atoms with E-state index in [9.17, 15) is 27.6 Å². The van der Waals surface area contributed by atoms with Crippen LogP contribution in [0.1, 0.15) is 6.92 Å². The molecule has 1 aromatic rings. The SMILES string of the molecule is CC(NC(=O)Cn1cccnc1=O)(C(=O)O)C(F)(F)F. The van der Waals surface area contributed by atoms with Gasteiger partial charge in [-0.1, -0.05) is 0 Å². The molecule has 7 nitrogen and oxygen atoms in total. The molecule has 1 amide bonds. The van der Waals surface area contributed by atoms with Crippen molar-refractivity contribution >= 4 is 11.9 Å². The summed E-state index contributed by atoms with van der Waals surface area (Å²) in [4.78, 5) is 36.7. The Morgan fingerprint density at radius 2 is 2.05 bits per heavy atom. The number of aromatic nitrogens is 2. The van der Waals surface area contributed by atoms with Gasteiger partial charge in [0.1, 0.15) is 6.54 Å². The Morgan fingerprint density at radius 3 is 2.50 bits per heavy atom. The predicted octanol–water partition coefficient (Wildman–Crippen LogP) is -0.235. The smallest absolute Gasteiger partial charge is 0.422 e. The number of hydrogen-bond donors (Lipinski definition) is 2. The van der Waals surface area contributed by atoms with E-state index in [4.69, 9.17) is 5.11 Å². The summed E-state index contributed by atoms with van der Waals surface area (Å²) < 4.78 is 38.7. The number of rotatable bonds is 4. The second kappa shape index (κ2) is 5.31. The number of halogens is 3. The highest BCUT2D eigenvalue weighted by molar-refractivity contribution is 5.87. The number of hydrogen-bond acceptors (Lipinski definition) is 4. The van der Waals surface area contributed by atoms with E-state index < -0.39 is 35.8 Å². The maximum Gasteiger partial charge on any atom is 0.422 e. The van der Waals surface area contributed by atoms with E-state index in [-0.39, 0.29) is 0 Å². The Balaban J connectivity index is 2.92. The maximum absolute atomic E-state index is 12.7. The zero-order valence-corrected chi connectivity index (χ0v) is 10.1. The van der Waals surface area contributed by atoms with Gasteiger partial charge in [0.2, 0.25) is 11.4 Å². The van der Waals surface area contributed by atoms with Crippen molar-refractivity contribution in [2.24, 2.45) is 0 Å². The zero-order valence-electron chi connectivity index (χ0n) is 10.1. The molecule has 1 heterocycles. The van der Waals surface area contributed by atoms with Gasteiger partial charge in [0, 0.05) is 12.4 Å². The summed E-state index contributed by atoms with van der Waals surface area (Å²) in [6, 6.07) is 1.30. The lowest BCUT2D eigenvalue weighted by molar-refractivity contribution is -0.207. The fraction of sp³-hybridized carbons (Fsp3) is 0.400. The van der Waals surface area contributed by atoms with Crippen molar-refractivity contribution in [2.45, 2.75) is 25.2 Å². The van der Waals surface area contributed by atoms with Gasteiger partial charge in [0.25, 0.3) is 0 Å². The molecule has 1 unspecified atom stereocenters. The number of carbonyl (C=O) groups excluding carboxylic acids is 1. The van der Waals surface area contributed by atoms with E-state index in [1.807, 2.05) is 0 Å². The Kier molecular flexibility index (Phi) is 4.16. The molecule has 20 heavy (non-hydrogen) atoms. The summed E-state index contributed by atoms with van der Waals surface area (Å²) in [5.41, 5.74) is -4.28. The van der Waals surface area contributed by atoms with Gasteiger partial charge in [-0.05, 0) is 13.0 Å². The minimum atomic E-state index is -5.19. The fourth-order valence-corrected chi connectivity index (χ4v) is 1.23. The molecule has 1 aromatic heterocycles. The minimum absolute atomic E-state index is 0.319. The molecule has 0 saturated carbocycles. The number of amides is 1. The van der Waals surface area contributed by atoms with E-state index in [1.165, 1.54) is 11.4 Å². The van der Waals surface area contributed by atoms with Gasteiger partial charge < -0.3 is 10.4 Å². The topological polar surface area (TPSA) is 101 Å². The third-order valence-corrected chi connectivity index (χ3v) is 2.48. The van der Waals surface area contributed by atoms with E-state index in [0.29, 0.717) is 6.92 Å². The highest BCUT2D eigenvalue weighted by Crippen LogP contribution is 2.30. The molecule has 10 heteroatoms. The first kappa shape index (κ1) is 15.7. The van der Waals surface area contributed by atoms with Crippen LogP contribution in [-0.4, -0.2) is 38.2 Å². The van der Waals surface area contributed by atoms with Gasteiger partial charge in [-0.25, -0.2) is 14.6 Å². The van der Waals surface area contributed by atoms with E-state index in [0.717, 1.165) is 17.0 Å². The normalized spacial score (nSPS) is 14.4. The third-order valence-electron chi connectivity index (χ3n) is 2.48. The number of nitrogens with one attached hydrogen (secondary N) is 1. The molecule has 0 saturated heterocycles. The lowest BCUT2D eigenvalue weighted by Gasteiger charge is -2.28. The number of carboxylic acid groups (broad SMARTS) is 1. The monoisotopic (exact) mass is 293 g/mol. The number of alkyl halides is 3. The van der Waals surface area contributed by atoms with Crippen LogP contribution < -0.4 is 11.0 Å².